The number of carbonyl (C=O) groups is 1. The fraction of sp³-hybridized carbons (Fsp3) is 0.588. The SMILES string of the molecule is CCO[C@H]1c2c(cc(OC)c(C(C)=O)c2OC)OC(C)(C)[C@H]1O. The average Bonchev–Trinajstić information content (AvgIpc) is 2.49. The van der Waals surface area contributed by atoms with E-state index in [-0.39, 0.29) is 5.78 Å². The lowest BCUT2D eigenvalue weighted by atomic mass is 9.86. The van der Waals surface area contributed by atoms with Crippen LogP contribution in [0, 0.1) is 0 Å². The maximum atomic E-state index is 12.1. The molecule has 0 radical (unpaired) electrons. The number of ether oxygens (including phenoxy) is 4. The number of hydrogen-bond acceptors (Lipinski definition) is 6. The minimum atomic E-state index is -0.906. The quantitative estimate of drug-likeness (QED) is 0.839. The van der Waals surface area contributed by atoms with Crippen molar-refractivity contribution in [2.75, 3.05) is 20.8 Å². The molecule has 1 N–H and O–H groups in total. The first-order chi connectivity index (χ1) is 10.8. The smallest absolute Gasteiger partial charge is 0.167 e. The maximum absolute atomic E-state index is 12.1. The monoisotopic (exact) mass is 324 g/mol. The Morgan fingerprint density at radius 3 is 2.48 bits per heavy atom. The molecule has 0 saturated heterocycles. The molecule has 0 fully saturated rings. The Morgan fingerprint density at radius 2 is 2.00 bits per heavy atom. The van der Waals surface area contributed by atoms with Crippen LogP contribution < -0.4 is 14.2 Å². The predicted molar refractivity (Wildman–Crippen MR) is 84.6 cm³/mol. The summed E-state index contributed by atoms with van der Waals surface area (Å²) in [4.78, 5) is 12.1. The van der Waals surface area contributed by atoms with Gasteiger partial charge >= 0.3 is 0 Å². The van der Waals surface area contributed by atoms with E-state index in [9.17, 15) is 9.90 Å². The molecule has 6 heteroatoms. The van der Waals surface area contributed by atoms with Gasteiger partial charge in [-0.05, 0) is 27.7 Å². The number of benzene rings is 1. The van der Waals surface area contributed by atoms with Crippen molar-refractivity contribution in [2.45, 2.75) is 45.5 Å². The second kappa shape index (κ2) is 6.37. The summed E-state index contributed by atoms with van der Waals surface area (Å²) in [5.74, 6) is 0.976. The Kier molecular flexibility index (Phi) is 4.87. The largest absolute Gasteiger partial charge is 0.496 e. The van der Waals surface area contributed by atoms with Crippen LogP contribution >= 0.6 is 0 Å². The second-order valence-electron chi connectivity index (χ2n) is 5.98. The molecule has 0 unspecified atom stereocenters. The number of ketones is 1. The van der Waals surface area contributed by atoms with E-state index in [0.717, 1.165) is 0 Å². The molecule has 1 aliphatic rings. The van der Waals surface area contributed by atoms with Gasteiger partial charge in [0.25, 0.3) is 0 Å². The van der Waals surface area contributed by atoms with Crippen molar-refractivity contribution in [3.05, 3.63) is 17.2 Å². The van der Waals surface area contributed by atoms with E-state index in [1.807, 2.05) is 6.92 Å². The van der Waals surface area contributed by atoms with Crippen LogP contribution in [0.1, 0.15) is 49.7 Å². The first-order valence-corrected chi connectivity index (χ1v) is 7.56. The third-order valence-corrected chi connectivity index (χ3v) is 4.02. The normalized spacial score (nSPS) is 22.0. The van der Waals surface area contributed by atoms with Gasteiger partial charge in [-0.25, -0.2) is 0 Å². The van der Waals surface area contributed by atoms with Crippen molar-refractivity contribution in [1.29, 1.82) is 0 Å². The number of carbonyl (C=O) groups excluding carboxylic acids is 1. The number of hydrogen-bond donors (Lipinski definition) is 1. The van der Waals surface area contributed by atoms with Gasteiger partial charge in [0.1, 0.15) is 40.6 Å². The number of Topliss-reactive ketones (excluding diaryl/α,β-unsaturated/α-hetero) is 1. The average molecular weight is 324 g/mol. The third kappa shape index (κ3) is 2.88. The highest BCUT2D eigenvalue weighted by Gasteiger charge is 2.46. The summed E-state index contributed by atoms with van der Waals surface area (Å²) in [6.07, 6.45) is -1.56. The van der Waals surface area contributed by atoms with Gasteiger partial charge < -0.3 is 24.1 Å². The van der Waals surface area contributed by atoms with E-state index in [0.29, 0.717) is 35.0 Å². The van der Waals surface area contributed by atoms with Gasteiger partial charge in [0, 0.05) is 12.7 Å². The van der Waals surface area contributed by atoms with Crippen molar-refractivity contribution < 1.29 is 28.8 Å². The van der Waals surface area contributed by atoms with Gasteiger partial charge in [-0.15, -0.1) is 0 Å². The maximum Gasteiger partial charge on any atom is 0.167 e. The van der Waals surface area contributed by atoms with Crippen molar-refractivity contribution in [3.63, 3.8) is 0 Å². The van der Waals surface area contributed by atoms with Crippen LogP contribution in [0.5, 0.6) is 17.2 Å². The standard InChI is InChI=1S/C17H24O6/c1-7-22-15-13-11(23-17(3,4)16(15)19)8-10(20-5)12(9(2)18)14(13)21-6/h8,15-16,19H,7H2,1-6H3/t15-,16-/m0/s1. The first-order valence-electron chi connectivity index (χ1n) is 7.56. The molecule has 0 aliphatic carbocycles. The third-order valence-electron chi connectivity index (χ3n) is 4.02. The van der Waals surface area contributed by atoms with Crippen LogP contribution in [0.2, 0.25) is 0 Å². The number of rotatable bonds is 5. The van der Waals surface area contributed by atoms with E-state index in [2.05, 4.69) is 0 Å². The Hall–Kier alpha value is -1.79. The molecular weight excluding hydrogens is 300 g/mol. The van der Waals surface area contributed by atoms with Gasteiger partial charge in [-0.1, -0.05) is 0 Å². The molecule has 1 aromatic rings. The fourth-order valence-electron chi connectivity index (χ4n) is 2.91. The molecule has 6 nitrogen and oxygen atoms in total. The van der Waals surface area contributed by atoms with E-state index >= 15 is 0 Å². The molecule has 0 aromatic heterocycles. The van der Waals surface area contributed by atoms with Gasteiger partial charge in [-0.3, -0.25) is 4.79 Å². The van der Waals surface area contributed by atoms with Crippen LogP contribution in [-0.4, -0.2) is 43.4 Å². The summed E-state index contributed by atoms with van der Waals surface area (Å²) >= 11 is 0. The number of fused-ring (bicyclic) bond motifs is 1. The number of aliphatic hydroxyl groups excluding tert-OH is 1. The Labute approximate surface area is 136 Å². The lowest BCUT2D eigenvalue weighted by Gasteiger charge is -2.42. The molecule has 1 aliphatic heterocycles. The van der Waals surface area contributed by atoms with Crippen LogP contribution in [0.15, 0.2) is 6.07 Å². The van der Waals surface area contributed by atoms with E-state index in [1.54, 1.807) is 19.9 Å². The number of aliphatic hydroxyl groups is 1. The first kappa shape index (κ1) is 17.6. The van der Waals surface area contributed by atoms with E-state index in [1.165, 1.54) is 21.1 Å². The molecule has 0 amide bonds. The molecule has 1 aromatic carbocycles. The second-order valence-corrected chi connectivity index (χ2v) is 5.98. The lowest BCUT2D eigenvalue weighted by Crippen LogP contribution is -2.49. The predicted octanol–water partition coefficient (Wildman–Crippen LogP) is 2.52. The summed E-state index contributed by atoms with van der Waals surface area (Å²) in [6.45, 7) is 7.25. The molecule has 0 bridgehead atoms. The molecule has 23 heavy (non-hydrogen) atoms. The zero-order valence-electron chi connectivity index (χ0n) is 14.4. The molecule has 0 saturated carbocycles. The molecule has 0 spiro atoms. The Balaban J connectivity index is 2.78. The van der Waals surface area contributed by atoms with Crippen LogP contribution in [0.4, 0.5) is 0 Å². The Morgan fingerprint density at radius 1 is 1.35 bits per heavy atom. The van der Waals surface area contributed by atoms with Gasteiger partial charge in [0.2, 0.25) is 0 Å². The highest BCUT2D eigenvalue weighted by Crippen LogP contribution is 2.50. The minimum absolute atomic E-state index is 0.198. The van der Waals surface area contributed by atoms with Crippen molar-refractivity contribution >= 4 is 5.78 Å². The highest BCUT2D eigenvalue weighted by molar-refractivity contribution is 6.00. The van der Waals surface area contributed by atoms with Crippen molar-refractivity contribution in [1.82, 2.24) is 0 Å². The van der Waals surface area contributed by atoms with Crippen molar-refractivity contribution in [2.24, 2.45) is 0 Å². The van der Waals surface area contributed by atoms with Gasteiger partial charge in [0.05, 0.1) is 19.8 Å². The van der Waals surface area contributed by atoms with Crippen LogP contribution in [0.3, 0.4) is 0 Å². The van der Waals surface area contributed by atoms with Crippen LogP contribution in [-0.2, 0) is 4.74 Å². The summed E-state index contributed by atoms with van der Waals surface area (Å²) < 4.78 is 22.5. The zero-order chi connectivity index (χ0) is 17.4. The zero-order valence-corrected chi connectivity index (χ0v) is 14.4. The van der Waals surface area contributed by atoms with E-state index < -0.39 is 17.8 Å². The van der Waals surface area contributed by atoms with E-state index in [4.69, 9.17) is 18.9 Å². The summed E-state index contributed by atoms with van der Waals surface area (Å²) in [5, 5.41) is 10.6. The van der Waals surface area contributed by atoms with Crippen molar-refractivity contribution in [3.8, 4) is 17.2 Å². The van der Waals surface area contributed by atoms with Gasteiger partial charge in [0.15, 0.2) is 5.78 Å². The van der Waals surface area contributed by atoms with Crippen LogP contribution in [0.25, 0.3) is 0 Å². The van der Waals surface area contributed by atoms with Gasteiger partial charge in [-0.2, -0.15) is 0 Å². The fourth-order valence-corrected chi connectivity index (χ4v) is 2.91. The molecule has 2 rings (SSSR count). The lowest BCUT2D eigenvalue weighted by molar-refractivity contribution is -0.133. The molecule has 1 heterocycles. The molecule has 128 valence electrons. The topological polar surface area (TPSA) is 74.2 Å². The summed E-state index contributed by atoms with van der Waals surface area (Å²) in [5.41, 5.74) is 0.00165. The highest BCUT2D eigenvalue weighted by atomic mass is 16.5. The molecular formula is C17H24O6. The summed E-state index contributed by atoms with van der Waals surface area (Å²) in [7, 11) is 2.95. The molecule has 2 atom stereocenters. The summed E-state index contributed by atoms with van der Waals surface area (Å²) in [6, 6.07) is 1.65. The number of methoxy groups -OCH3 is 2. The Bertz CT molecular complexity index is 608. The minimum Gasteiger partial charge on any atom is -0.496 e.